The Hall–Kier alpha value is 0.270. The topological polar surface area (TPSA) is 21.3 Å². The third kappa shape index (κ3) is 10.3. The zero-order chi connectivity index (χ0) is 9.07. The number of hydrogen-bond acceptors (Lipinski definition) is 3. The van der Waals surface area contributed by atoms with Crippen LogP contribution in [0.1, 0.15) is 39.0 Å². The van der Waals surface area contributed by atoms with E-state index in [1.165, 1.54) is 32.1 Å². The lowest BCUT2D eigenvalue weighted by Gasteiger charge is -2.01. The quantitative estimate of drug-likeness (QED) is 0.431. The fourth-order valence-electron chi connectivity index (χ4n) is 1.08. The van der Waals surface area contributed by atoms with Gasteiger partial charge in [0, 0.05) is 19.8 Å². The van der Waals surface area contributed by atoms with Crippen LogP contribution >= 0.6 is 12.8 Å². The molecule has 0 saturated heterocycles. The fourth-order valence-corrected chi connectivity index (χ4v) is 1.24. The molecule has 0 atom stereocenters. The highest BCUT2D eigenvalue weighted by atomic mass is 32.1. The summed E-state index contributed by atoms with van der Waals surface area (Å²) in [6.45, 7) is 4.85. The van der Waals surface area contributed by atoms with Crippen LogP contribution in [0.3, 0.4) is 0 Å². The molecule has 0 fully saturated rings. The van der Waals surface area contributed by atoms with Crippen molar-refractivity contribution >= 4 is 12.8 Å². The number of nitrogens with one attached hydrogen (secondary N) is 1. The molecule has 0 aromatic heterocycles. The maximum absolute atomic E-state index is 5.24. The summed E-state index contributed by atoms with van der Waals surface area (Å²) in [5.41, 5.74) is 0. The van der Waals surface area contributed by atoms with E-state index in [4.69, 9.17) is 4.74 Å². The highest BCUT2D eigenvalue weighted by Crippen LogP contribution is 2.02. The minimum Gasteiger partial charge on any atom is -0.382 e. The molecule has 0 aliphatic carbocycles. The zero-order valence-corrected chi connectivity index (χ0v) is 8.91. The lowest BCUT2D eigenvalue weighted by molar-refractivity contribution is 0.143. The standard InChI is InChI=1S/C9H21NOS/c1-2-11-9-7-5-3-4-6-8-10-12/h10,12H,2-9H2,1H3. The van der Waals surface area contributed by atoms with E-state index in [9.17, 15) is 0 Å². The Morgan fingerprint density at radius 2 is 1.75 bits per heavy atom. The normalized spacial score (nSPS) is 10.5. The van der Waals surface area contributed by atoms with Gasteiger partial charge in [0.15, 0.2) is 0 Å². The van der Waals surface area contributed by atoms with E-state index in [-0.39, 0.29) is 0 Å². The molecule has 3 heteroatoms. The van der Waals surface area contributed by atoms with Crippen LogP contribution in [0.4, 0.5) is 0 Å². The predicted octanol–water partition coefficient (Wildman–Crippen LogP) is 2.41. The maximum atomic E-state index is 5.24. The summed E-state index contributed by atoms with van der Waals surface area (Å²) in [7, 11) is 0. The second kappa shape index (κ2) is 11.3. The van der Waals surface area contributed by atoms with Gasteiger partial charge >= 0.3 is 0 Å². The van der Waals surface area contributed by atoms with Crippen molar-refractivity contribution in [3.05, 3.63) is 0 Å². The third-order valence-electron chi connectivity index (χ3n) is 1.78. The Bertz CT molecular complexity index is 70.9. The van der Waals surface area contributed by atoms with Crippen molar-refractivity contribution in [1.82, 2.24) is 4.72 Å². The van der Waals surface area contributed by atoms with Crippen LogP contribution in [-0.4, -0.2) is 19.8 Å². The first kappa shape index (κ1) is 12.3. The van der Waals surface area contributed by atoms with Crippen LogP contribution in [0.25, 0.3) is 0 Å². The molecule has 12 heavy (non-hydrogen) atoms. The van der Waals surface area contributed by atoms with E-state index in [1.54, 1.807) is 0 Å². The summed E-state index contributed by atoms with van der Waals surface area (Å²) in [5.74, 6) is 0. The SMILES string of the molecule is CCOCCCCCCCNS. The smallest absolute Gasteiger partial charge is 0.0465 e. The van der Waals surface area contributed by atoms with Gasteiger partial charge in [-0.2, -0.15) is 0 Å². The molecule has 0 aromatic carbocycles. The number of rotatable bonds is 9. The minimum atomic E-state index is 0.851. The second-order valence-electron chi connectivity index (χ2n) is 2.87. The molecule has 0 aliphatic heterocycles. The highest BCUT2D eigenvalue weighted by molar-refractivity contribution is 7.78. The summed E-state index contributed by atoms with van der Waals surface area (Å²) in [4.78, 5) is 0. The molecule has 0 heterocycles. The molecule has 0 radical (unpaired) electrons. The molecule has 74 valence electrons. The first-order valence-corrected chi connectivity index (χ1v) is 5.31. The molecule has 0 aromatic rings. The average molecular weight is 191 g/mol. The first-order chi connectivity index (χ1) is 5.91. The number of thiol groups is 1. The Labute approximate surface area is 81.6 Å². The van der Waals surface area contributed by atoms with Crippen molar-refractivity contribution in [2.24, 2.45) is 0 Å². The first-order valence-electron chi connectivity index (χ1n) is 4.86. The molecule has 1 N–H and O–H groups in total. The van der Waals surface area contributed by atoms with Crippen LogP contribution in [-0.2, 0) is 4.74 Å². The van der Waals surface area contributed by atoms with Crippen LogP contribution in [0, 0.1) is 0 Å². The van der Waals surface area contributed by atoms with E-state index in [2.05, 4.69) is 17.5 Å². The van der Waals surface area contributed by atoms with Crippen molar-refractivity contribution < 1.29 is 4.74 Å². The molecular formula is C9H21NOS. The average Bonchev–Trinajstić information content (AvgIpc) is 2.10. The van der Waals surface area contributed by atoms with E-state index >= 15 is 0 Å². The largest absolute Gasteiger partial charge is 0.382 e. The Balaban J connectivity index is 2.73. The Morgan fingerprint density at radius 1 is 1.08 bits per heavy atom. The molecule has 0 aliphatic rings. The van der Waals surface area contributed by atoms with Gasteiger partial charge in [-0.3, -0.25) is 4.72 Å². The fraction of sp³-hybridized carbons (Fsp3) is 1.00. The third-order valence-corrected chi connectivity index (χ3v) is 2.00. The molecule has 0 bridgehead atoms. The highest BCUT2D eigenvalue weighted by Gasteiger charge is 1.89. The van der Waals surface area contributed by atoms with E-state index < -0.39 is 0 Å². The van der Waals surface area contributed by atoms with Gasteiger partial charge in [-0.05, 0) is 19.8 Å². The zero-order valence-electron chi connectivity index (χ0n) is 8.01. The van der Waals surface area contributed by atoms with Gasteiger partial charge in [-0.1, -0.05) is 32.1 Å². The van der Waals surface area contributed by atoms with Crippen LogP contribution < -0.4 is 4.72 Å². The second-order valence-corrected chi connectivity index (χ2v) is 3.19. The van der Waals surface area contributed by atoms with Crippen molar-refractivity contribution in [2.75, 3.05) is 19.8 Å². The van der Waals surface area contributed by atoms with Crippen LogP contribution in [0.5, 0.6) is 0 Å². The van der Waals surface area contributed by atoms with E-state index in [0.29, 0.717) is 0 Å². The van der Waals surface area contributed by atoms with Crippen molar-refractivity contribution in [2.45, 2.75) is 39.0 Å². The van der Waals surface area contributed by atoms with E-state index in [0.717, 1.165) is 19.8 Å². The van der Waals surface area contributed by atoms with E-state index in [1.807, 2.05) is 6.92 Å². The van der Waals surface area contributed by atoms with Gasteiger partial charge in [0.1, 0.15) is 0 Å². The van der Waals surface area contributed by atoms with Crippen LogP contribution in [0.2, 0.25) is 0 Å². The van der Waals surface area contributed by atoms with Gasteiger partial charge < -0.3 is 4.74 Å². The van der Waals surface area contributed by atoms with Crippen molar-refractivity contribution in [1.29, 1.82) is 0 Å². The summed E-state index contributed by atoms with van der Waals surface area (Å²) in [6.07, 6.45) is 6.37. The molecule has 2 nitrogen and oxygen atoms in total. The van der Waals surface area contributed by atoms with Gasteiger partial charge in [-0.15, -0.1) is 0 Å². The maximum Gasteiger partial charge on any atom is 0.0465 e. The lowest BCUT2D eigenvalue weighted by atomic mass is 10.1. The summed E-state index contributed by atoms with van der Waals surface area (Å²) in [5, 5.41) is 0. The van der Waals surface area contributed by atoms with Gasteiger partial charge in [0.05, 0.1) is 0 Å². The monoisotopic (exact) mass is 191 g/mol. The van der Waals surface area contributed by atoms with Gasteiger partial charge in [0.2, 0.25) is 0 Å². The molecule has 0 saturated carbocycles. The molecule has 0 spiro atoms. The molecular weight excluding hydrogens is 170 g/mol. The molecule has 0 amide bonds. The Morgan fingerprint density at radius 3 is 2.42 bits per heavy atom. The number of ether oxygens (including phenoxy) is 1. The molecule has 0 unspecified atom stereocenters. The summed E-state index contributed by atoms with van der Waals surface area (Å²) < 4.78 is 8.09. The van der Waals surface area contributed by atoms with Gasteiger partial charge in [0.25, 0.3) is 0 Å². The predicted molar refractivity (Wildman–Crippen MR) is 56.6 cm³/mol. The Kier molecular flexibility index (Phi) is 11.5. The van der Waals surface area contributed by atoms with Crippen molar-refractivity contribution in [3.63, 3.8) is 0 Å². The van der Waals surface area contributed by atoms with Crippen LogP contribution in [0.15, 0.2) is 0 Å². The lowest BCUT2D eigenvalue weighted by Crippen LogP contribution is -2.00. The van der Waals surface area contributed by atoms with Gasteiger partial charge in [-0.25, -0.2) is 0 Å². The summed E-state index contributed by atoms with van der Waals surface area (Å²) >= 11 is 3.92. The van der Waals surface area contributed by atoms with Crippen molar-refractivity contribution in [3.8, 4) is 0 Å². The number of unbranched alkanes of at least 4 members (excludes halogenated alkanes) is 4. The summed E-state index contributed by atoms with van der Waals surface area (Å²) in [6, 6.07) is 0. The molecule has 0 rings (SSSR count). The minimum absolute atomic E-state index is 0.851. The number of hydrogen-bond donors (Lipinski definition) is 2.